The van der Waals surface area contributed by atoms with E-state index in [9.17, 15) is 48.8 Å². The number of carbonyl (C=O) groups is 7. The van der Waals surface area contributed by atoms with Gasteiger partial charge in [-0.15, -0.1) is 11.3 Å². The molecule has 5 N–H and O–H groups in total. The highest BCUT2D eigenvalue weighted by Gasteiger charge is 2.39. The van der Waals surface area contributed by atoms with E-state index in [1.807, 2.05) is 52.6 Å². The number of nitrogens with zero attached hydrogens (tertiary/aromatic N) is 5. The summed E-state index contributed by atoms with van der Waals surface area (Å²) in [5.41, 5.74) is 4.98. The van der Waals surface area contributed by atoms with Crippen molar-refractivity contribution >= 4 is 81.3 Å². The molecule has 2 heterocycles. The van der Waals surface area contributed by atoms with Gasteiger partial charge in [-0.3, -0.25) is 54.2 Å². The van der Waals surface area contributed by atoms with Gasteiger partial charge in [0.25, 0.3) is 5.91 Å². The highest BCUT2D eigenvalue weighted by atomic mass is 33.1. The molecule has 1 aromatic rings. The van der Waals surface area contributed by atoms with Crippen molar-refractivity contribution in [2.45, 2.75) is 149 Å². The Morgan fingerprint density at radius 2 is 1.83 bits per heavy atom. The normalized spacial score (nSPS) is 18.3. The molecule has 8 atom stereocenters. The summed E-state index contributed by atoms with van der Waals surface area (Å²) in [5.74, 6) is -4.24. The molecule has 0 spiro atoms. The molecule has 1 saturated heterocycles. The Labute approximate surface area is 451 Å². The quantitative estimate of drug-likeness (QED) is 0.00629. The molecule has 3 unspecified atom stereocenters. The molecular weight excluding hydrogens is 1030 g/mol. The average Bonchev–Trinajstić information content (AvgIpc) is 3.87. The number of esters is 2. The number of aliphatic hydroxyl groups is 1. The van der Waals surface area contributed by atoms with Gasteiger partial charge in [-0.05, 0) is 81.5 Å². The molecule has 0 radical (unpaired) electrons. The van der Waals surface area contributed by atoms with E-state index in [1.54, 1.807) is 19.1 Å². The van der Waals surface area contributed by atoms with Gasteiger partial charge in [-0.2, -0.15) is 0 Å². The highest BCUT2D eigenvalue weighted by molar-refractivity contribution is 8.78. The Morgan fingerprint density at radius 1 is 1.09 bits per heavy atom. The van der Waals surface area contributed by atoms with Crippen LogP contribution in [-0.2, 0) is 38.2 Å². The Balaban J connectivity index is 1.82. The van der Waals surface area contributed by atoms with Crippen LogP contribution in [0.2, 0.25) is 0 Å². The number of nitrogens with one attached hydrogen (secondary N) is 4. The first-order chi connectivity index (χ1) is 35.6. The fourth-order valence-corrected chi connectivity index (χ4v) is 10.9. The molecule has 0 bridgehead atoms. The van der Waals surface area contributed by atoms with E-state index < -0.39 is 89.7 Å². The van der Waals surface area contributed by atoms with Gasteiger partial charge in [0, 0.05) is 55.0 Å². The SMILES string of the molecule is C=C/C(=C(\N=C)SSCCOC(=O)NNC(=O)[C@@H](C)C[C@H](CC1=CCC(O)C=C1)NC(=O)c1csc([C@@H](C[C@H](C(C)C)N(COC(=O)CCC)C(=O)C(NC(=O)[C@H]2CCCCN2C)C(C)CC)OC(C)=O)n1)[N+](=O)[O-]. The minimum absolute atomic E-state index is 0.00856. The third kappa shape index (κ3) is 21.1. The number of hydrogen-bond donors (Lipinski definition) is 5. The average molecular weight is 1110 g/mol. The van der Waals surface area contributed by atoms with Gasteiger partial charge in [0.1, 0.15) is 23.4 Å². The van der Waals surface area contributed by atoms with Crippen molar-refractivity contribution in [1.29, 1.82) is 0 Å². The van der Waals surface area contributed by atoms with Gasteiger partial charge in [0.2, 0.25) is 17.7 Å². The number of hydrogen-bond acceptors (Lipinski definition) is 19. The lowest BCUT2D eigenvalue weighted by Crippen LogP contribution is -2.59. The number of amides is 5. The van der Waals surface area contributed by atoms with Crippen molar-refractivity contribution in [3.8, 4) is 0 Å². The van der Waals surface area contributed by atoms with Crippen LogP contribution in [0.4, 0.5) is 4.79 Å². The topological polar surface area (TPSA) is 290 Å². The molecule has 5 amide bonds. The maximum atomic E-state index is 14.9. The van der Waals surface area contributed by atoms with Gasteiger partial charge in [-0.1, -0.05) is 95.6 Å². The second-order valence-electron chi connectivity index (χ2n) is 18.7. The Morgan fingerprint density at radius 3 is 2.43 bits per heavy atom. The van der Waals surface area contributed by atoms with Crippen molar-refractivity contribution in [1.82, 2.24) is 36.3 Å². The lowest BCUT2D eigenvalue weighted by atomic mass is 9.92. The number of aromatic nitrogens is 1. The summed E-state index contributed by atoms with van der Waals surface area (Å²) in [4.78, 5) is 116. The number of aliphatic imine (C=N–C) groups is 1. The van der Waals surface area contributed by atoms with Crippen LogP contribution in [0, 0.1) is 27.9 Å². The molecule has 1 aliphatic heterocycles. The molecule has 1 aliphatic carbocycles. The highest BCUT2D eigenvalue weighted by Crippen LogP contribution is 2.34. The van der Waals surface area contributed by atoms with E-state index in [-0.39, 0.29) is 77.2 Å². The summed E-state index contributed by atoms with van der Waals surface area (Å²) in [6.45, 7) is 19.2. The second-order valence-corrected chi connectivity index (χ2v) is 22.0. The van der Waals surface area contributed by atoms with E-state index in [2.05, 4.69) is 44.8 Å². The number of piperidine rings is 1. The number of likely N-dealkylation sites (N-methyl/N-ethyl adjacent to an activating group) is 1. The van der Waals surface area contributed by atoms with Gasteiger partial charge in [0.05, 0.1) is 17.1 Å². The van der Waals surface area contributed by atoms with Gasteiger partial charge < -0.3 is 34.9 Å². The van der Waals surface area contributed by atoms with Crippen LogP contribution in [0.25, 0.3) is 0 Å². The largest absolute Gasteiger partial charge is 0.455 e. The zero-order valence-electron chi connectivity index (χ0n) is 44.2. The second kappa shape index (κ2) is 32.7. The van der Waals surface area contributed by atoms with Crippen LogP contribution < -0.4 is 21.5 Å². The molecule has 1 fully saturated rings. The first-order valence-corrected chi connectivity index (χ1v) is 28.3. The number of ether oxygens (including phenoxy) is 3. The lowest BCUT2D eigenvalue weighted by Gasteiger charge is -2.39. The predicted octanol–water partition coefficient (Wildman–Crippen LogP) is 6.54. The molecule has 75 heavy (non-hydrogen) atoms. The van der Waals surface area contributed by atoms with Crippen LogP contribution in [-0.4, -0.2) is 136 Å². The fraction of sp³-hybridized carbons (Fsp3) is 0.620. The van der Waals surface area contributed by atoms with Gasteiger partial charge >= 0.3 is 23.7 Å². The van der Waals surface area contributed by atoms with E-state index >= 15 is 0 Å². The first kappa shape index (κ1) is 63.7. The summed E-state index contributed by atoms with van der Waals surface area (Å²) in [7, 11) is 3.97. The third-order valence-corrected chi connectivity index (χ3v) is 15.8. The number of hydrazine groups is 1. The number of allylic oxidation sites excluding steroid dienone is 2. The van der Waals surface area contributed by atoms with Crippen molar-refractivity contribution in [2.24, 2.45) is 22.7 Å². The van der Waals surface area contributed by atoms with Crippen LogP contribution >= 0.6 is 32.9 Å². The van der Waals surface area contributed by atoms with Crippen molar-refractivity contribution < 1.29 is 57.8 Å². The maximum Gasteiger partial charge on any atom is 0.426 e. The monoisotopic (exact) mass is 1110 g/mol. The van der Waals surface area contributed by atoms with E-state index in [4.69, 9.17) is 14.2 Å². The molecule has 2 aliphatic rings. The number of thiazole rings is 1. The van der Waals surface area contributed by atoms with E-state index in [0.29, 0.717) is 25.7 Å². The van der Waals surface area contributed by atoms with Crippen LogP contribution in [0.15, 0.2) is 57.6 Å². The molecule has 416 valence electrons. The molecule has 3 rings (SSSR count). The number of nitro groups is 1. The van der Waals surface area contributed by atoms with E-state index in [1.165, 1.54) is 17.2 Å². The van der Waals surface area contributed by atoms with Crippen molar-refractivity contribution in [3.05, 3.63) is 73.4 Å². The minimum atomic E-state index is -1.07. The Bertz CT molecular complexity index is 2260. The summed E-state index contributed by atoms with van der Waals surface area (Å²) in [6.07, 6.45) is 7.93. The Hall–Kier alpha value is -5.63. The number of likely N-dealkylation sites (tertiary alicyclic amines) is 1. The predicted molar refractivity (Wildman–Crippen MR) is 288 cm³/mol. The smallest absolute Gasteiger partial charge is 0.426 e. The zero-order chi connectivity index (χ0) is 55.8. The molecule has 22 nitrogen and oxygen atoms in total. The van der Waals surface area contributed by atoms with Gasteiger partial charge in [0.15, 0.2) is 17.9 Å². The van der Waals surface area contributed by atoms with Crippen LogP contribution in [0.5, 0.6) is 0 Å². The lowest BCUT2D eigenvalue weighted by molar-refractivity contribution is -0.419. The van der Waals surface area contributed by atoms with Gasteiger partial charge in [-0.25, -0.2) is 15.2 Å². The summed E-state index contributed by atoms with van der Waals surface area (Å²) >= 11 is 1.06. The standard InChI is InChI=1S/C50H75N9O13S3/c1-11-16-42(62)71-29-58(49(66)43(31(6)12-2)54-46(65)39-17-14-15-22-57(39)10)40(30(4)5)27-41(72-33(8)60)48-53-37(28-73-48)45(64)52-35(26-34-18-20-36(61)21-19-34)25-32(7)44(63)55-56-50(67)70-23-24-74-75-47(51-9)38(13-3)59(68)69/h13,18-20,28,30-32,35-36,39-41,43,61H,3,9,11-12,14-17,21-27,29H2,1-2,4-8,10H3,(H,52,64)(H,54,65)(H,55,63)(H,56,67)/b47-38-/t31?,32-,35+,36?,39+,40+,41+,43?/m0/s1. The van der Waals surface area contributed by atoms with Crippen molar-refractivity contribution in [2.75, 3.05) is 32.7 Å². The molecule has 0 saturated carbocycles. The molecule has 0 aromatic carbocycles. The van der Waals surface area contributed by atoms with Crippen LogP contribution in [0.1, 0.15) is 134 Å². The maximum absolute atomic E-state index is 14.9. The first-order valence-electron chi connectivity index (χ1n) is 25.1. The fourth-order valence-electron chi connectivity index (χ4n) is 8.18. The van der Waals surface area contributed by atoms with Crippen molar-refractivity contribution in [3.63, 3.8) is 0 Å². The van der Waals surface area contributed by atoms with Crippen LogP contribution in [0.3, 0.4) is 0 Å². The molecule has 25 heteroatoms. The summed E-state index contributed by atoms with van der Waals surface area (Å²) in [6, 6.07) is -2.77. The Kier molecular flexibility index (Phi) is 27.8. The minimum Gasteiger partial charge on any atom is -0.455 e. The number of aliphatic hydroxyl groups excluding tert-OH is 1. The van der Waals surface area contributed by atoms with E-state index in [0.717, 1.165) is 64.0 Å². The number of carbonyl (C=O) groups excluding carboxylic acids is 7. The third-order valence-electron chi connectivity index (χ3n) is 12.6. The number of rotatable bonds is 30. The summed E-state index contributed by atoms with van der Waals surface area (Å²) in [5, 5.41) is 29.0. The summed E-state index contributed by atoms with van der Waals surface area (Å²) < 4.78 is 16.7. The molecular formula is C50H75N9O13S3. The molecule has 1 aromatic heterocycles. The zero-order valence-corrected chi connectivity index (χ0v) is 46.7.